The Morgan fingerprint density at radius 2 is 1.81 bits per heavy atom. The van der Waals surface area contributed by atoms with Gasteiger partial charge in [0.2, 0.25) is 10.0 Å². The highest BCUT2D eigenvalue weighted by molar-refractivity contribution is 7.89. The number of hydrogen-bond donors (Lipinski definition) is 0. The van der Waals surface area contributed by atoms with E-state index in [1.54, 1.807) is 11.7 Å². The SMILES string of the molecule is Cc1nn(C)c(C)c1CN(C1CC1)S(=O)(=O)c1ccc(OC(F)(F)F)cc1. The maximum absolute atomic E-state index is 13.1. The van der Waals surface area contributed by atoms with Gasteiger partial charge in [0.1, 0.15) is 5.75 Å². The largest absolute Gasteiger partial charge is 0.573 e. The fourth-order valence-corrected chi connectivity index (χ4v) is 4.58. The maximum Gasteiger partial charge on any atom is 0.573 e. The van der Waals surface area contributed by atoms with Crippen LogP contribution in [0, 0.1) is 13.8 Å². The summed E-state index contributed by atoms with van der Waals surface area (Å²) in [6, 6.07) is 4.17. The molecule has 0 aliphatic heterocycles. The molecule has 0 atom stereocenters. The van der Waals surface area contributed by atoms with E-state index < -0.39 is 22.1 Å². The molecule has 1 aliphatic rings. The molecule has 0 radical (unpaired) electrons. The van der Waals surface area contributed by atoms with Crippen molar-refractivity contribution >= 4 is 10.0 Å². The summed E-state index contributed by atoms with van der Waals surface area (Å²) >= 11 is 0. The maximum atomic E-state index is 13.1. The molecular formula is C17H20F3N3O3S. The monoisotopic (exact) mass is 403 g/mol. The van der Waals surface area contributed by atoms with Gasteiger partial charge in [-0.25, -0.2) is 8.42 Å². The van der Waals surface area contributed by atoms with Gasteiger partial charge in [-0.15, -0.1) is 13.2 Å². The van der Waals surface area contributed by atoms with Gasteiger partial charge in [-0.1, -0.05) is 0 Å². The number of hydrogen-bond acceptors (Lipinski definition) is 4. The minimum atomic E-state index is -4.82. The first-order valence-corrected chi connectivity index (χ1v) is 9.80. The Hall–Kier alpha value is -2.07. The summed E-state index contributed by atoms with van der Waals surface area (Å²) in [4.78, 5) is -0.0666. The molecule has 2 aromatic rings. The van der Waals surface area contributed by atoms with Crippen molar-refractivity contribution in [3.05, 3.63) is 41.2 Å². The molecule has 0 bridgehead atoms. The minimum absolute atomic E-state index is 0.0666. The molecule has 3 rings (SSSR count). The Balaban J connectivity index is 1.88. The Bertz CT molecular complexity index is 933. The third kappa shape index (κ3) is 4.27. The Morgan fingerprint density at radius 3 is 2.26 bits per heavy atom. The average molecular weight is 403 g/mol. The fourth-order valence-electron chi connectivity index (χ4n) is 2.92. The third-order valence-corrected chi connectivity index (χ3v) is 6.50. The topological polar surface area (TPSA) is 64.4 Å². The molecule has 0 N–H and O–H groups in total. The Labute approximate surface area is 155 Å². The highest BCUT2D eigenvalue weighted by Crippen LogP contribution is 2.35. The molecule has 148 valence electrons. The number of benzene rings is 1. The van der Waals surface area contributed by atoms with Gasteiger partial charge in [0.15, 0.2) is 0 Å². The van der Waals surface area contributed by atoms with Gasteiger partial charge >= 0.3 is 6.36 Å². The van der Waals surface area contributed by atoms with Gasteiger partial charge in [-0.3, -0.25) is 4.68 Å². The minimum Gasteiger partial charge on any atom is -0.406 e. The molecule has 1 aromatic heterocycles. The lowest BCUT2D eigenvalue weighted by Crippen LogP contribution is -2.33. The predicted molar refractivity (Wildman–Crippen MR) is 91.6 cm³/mol. The zero-order valence-electron chi connectivity index (χ0n) is 15.1. The van der Waals surface area contributed by atoms with E-state index in [9.17, 15) is 21.6 Å². The molecule has 6 nitrogen and oxygen atoms in total. The van der Waals surface area contributed by atoms with Gasteiger partial charge in [-0.2, -0.15) is 9.40 Å². The number of alkyl halides is 3. The Kier molecular flexibility index (Phi) is 4.98. The Morgan fingerprint density at radius 1 is 1.22 bits per heavy atom. The van der Waals surface area contributed by atoms with Crippen molar-refractivity contribution in [2.75, 3.05) is 0 Å². The summed E-state index contributed by atoms with van der Waals surface area (Å²) in [6.45, 7) is 3.87. The summed E-state index contributed by atoms with van der Waals surface area (Å²) in [5, 5.41) is 4.32. The lowest BCUT2D eigenvalue weighted by molar-refractivity contribution is -0.274. The summed E-state index contributed by atoms with van der Waals surface area (Å²) in [5.74, 6) is -0.460. The highest BCUT2D eigenvalue weighted by Gasteiger charge is 2.39. The quantitative estimate of drug-likeness (QED) is 0.743. The molecular weight excluding hydrogens is 383 g/mol. The van der Waals surface area contributed by atoms with Crippen molar-refractivity contribution in [2.45, 2.75) is 50.5 Å². The van der Waals surface area contributed by atoms with Gasteiger partial charge in [0.05, 0.1) is 10.6 Å². The van der Waals surface area contributed by atoms with Gasteiger partial charge in [-0.05, 0) is 51.0 Å². The summed E-state index contributed by atoms with van der Waals surface area (Å²) in [5.41, 5.74) is 2.47. The molecule has 1 heterocycles. The first-order chi connectivity index (χ1) is 12.5. The van der Waals surface area contributed by atoms with Crippen molar-refractivity contribution in [3.8, 4) is 5.75 Å². The molecule has 10 heteroatoms. The molecule has 0 amide bonds. The van der Waals surface area contributed by atoms with Crippen LogP contribution >= 0.6 is 0 Å². The van der Waals surface area contributed by atoms with Crippen molar-refractivity contribution in [2.24, 2.45) is 7.05 Å². The standard InChI is InChI=1S/C17H20F3N3O3S/c1-11-16(12(2)22(3)21-11)10-23(13-4-5-13)27(24,25)15-8-6-14(7-9-15)26-17(18,19)20/h6-9,13H,4-5,10H2,1-3H3. The first-order valence-electron chi connectivity index (χ1n) is 8.36. The third-order valence-electron chi connectivity index (χ3n) is 4.59. The highest BCUT2D eigenvalue weighted by atomic mass is 32.2. The lowest BCUT2D eigenvalue weighted by Gasteiger charge is -2.22. The van der Waals surface area contributed by atoms with Crippen LogP contribution in [0.5, 0.6) is 5.75 Å². The zero-order valence-corrected chi connectivity index (χ0v) is 15.9. The predicted octanol–water partition coefficient (Wildman–Crippen LogP) is 3.29. The average Bonchev–Trinajstić information content (AvgIpc) is 3.34. The van der Waals surface area contributed by atoms with Crippen molar-refractivity contribution < 1.29 is 26.3 Å². The fraction of sp³-hybridized carbons (Fsp3) is 0.471. The summed E-state index contributed by atoms with van der Waals surface area (Å²) < 4.78 is 69.9. The number of aryl methyl sites for hydroxylation is 2. The van der Waals surface area contributed by atoms with E-state index >= 15 is 0 Å². The van der Waals surface area contributed by atoms with Crippen LogP contribution in [0.3, 0.4) is 0 Å². The van der Waals surface area contributed by atoms with Crippen molar-refractivity contribution in [1.29, 1.82) is 0 Å². The van der Waals surface area contributed by atoms with Gasteiger partial charge in [0.25, 0.3) is 0 Å². The lowest BCUT2D eigenvalue weighted by atomic mass is 10.2. The van der Waals surface area contributed by atoms with Crippen LogP contribution < -0.4 is 4.74 Å². The summed E-state index contributed by atoms with van der Waals surface area (Å²) in [7, 11) is -2.07. The number of halogens is 3. The normalized spacial score (nSPS) is 15.4. The second-order valence-electron chi connectivity index (χ2n) is 6.57. The molecule has 1 aromatic carbocycles. The van der Waals surface area contributed by atoms with E-state index in [1.165, 1.54) is 4.31 Å². The van der Waals surface area contributed by atoms with E-state index in [0.717, 1.165) is 54.1 Å². The van der Waals surface area contributed by atoms with E-state index in [0.29, 0.717) is 0 Å². The van der Waals surface area contributed by atoms with E-state index in [2.05, 4.69) is 9.84 Å². The molecule has 1 fully saturated rings. The van der Waals surface area contributed by atoms with Crippen LogP contribution in [0.15, 0.2) is 29.2 Å². The van der Waals surface area contributed by atoms with E-state index in [1.807, 2.05) is 13.8 Å². The van der Waals surface area contributed by atoms with Crippen LogP contribution in [0.25, 0.3) is 0 Å². The molecule has 1 aliphatic carbocycles. The zero-order chi connectivity index (χ0) is 20.0. The van der Waals surface area contributed by atoms with Crippen LogP contribution in [0.4, 0.5) is 13.2 Å². The first kappa shape index (κ1) is 19.7. The van der Waals surface area contributed by atoms with E-state index in [-0.39, 0.29) is 17.5 Å². The van der Waals surface area contributed by atoms with E-state index in [4.69, 9.17) is 0 Å². The van der Waals surface area contributed by atoms with Crippen LogP contribution in [0.1, 0.15) is 29.8 Å². The second-order valence-corrected chi connectivity index (χ2v) is 8.46. The summed E-state index contributed by atoms with van der Waals surface area (Å²) in [6.07, 6.45) is -3.31. The van der Waals surface area contributed by atoms with Crippen molar-refractivity contribution in [1.82, 2.24) is 14.1 Å². The number of nitrogens with zero attached hydrogens (tertiary/aromatic N) is 3. The van der Waals surface area contributed by atoms with Crippen molar-refractivity contribution in [3.63, 3.8) is 0 Å². The molecule has 0 saturated heterocycles. The molecule has 0 unspecified atom stereocenters. The van der Waals surface area contributed by atoms with Crippen LogP contribution in [-0.4, -0.2) is 34.9 Å². The number of aromatic nitrogens is 2. The van der Waals surface area contributed by atoms with Gasteiger partial charge in [0, 0.05) is 30.9 Å². The van der Waals surface area contributed by atoms with Crippen LogP contribution in [0.2, 0.25) is 0 Å². The molecule has 1 saturated carbocycles. The van der Waals surface area contributed by atoms with Crippen LogP contribution in [-0.2, 0) is 23.6 Å². The smallest absolute Gasteiger partial charge is 0.406 e. The number of ether oxygens (including phenoxy) is 1. The van der Waals surface area contributed by atoms with Gasteiger partial charge < -0.3 is 4.74 Å². The second kappa shape index (κ2) is 6.83. The number of rotatable bonds is 6. The molecule has 0 spiro atoms. The molecule has 27 heavy (non-hydrogen) atoms. The number of sulfonamides is 1.